The summed E-state index contributed by atoms with van der Waals surface area (Å²) in [7, 11) is 0. The van der Waals surface area contributed by atoms with Crippen LogP contribution in [0.3, 0.4) is 0 Å². The summed E-state index contributed by atoms with van der Waals surface area (Å²) in [5.74, 6) is 0.852. The number of rotatable bonds is 5. The molecule has 1 aliphatic heterocycles. The number of nitrogens with zero attached hydrogens (tertiary/aromatic N) is 3. The number of anilines is 1. The van der Waals surface area contributed by atoms with Gasteiger partial charge in [-0.05, 0) is 24.3 Å². The van der Waals surface area contributed by atoms with E-state index in [-0.39, 0.29) is 17.7 Å². The van der Waals surface area contributed by atoms with Crippen LogP contribution in [0.4, 0.5) is 5.13 Å². The maximum atomic E-state index is 12.3. The van der Waals surface area contributed by atoms with Crippen molar-refractivity contribution in [1.29, 1.82) is 0 Å². The van der Waals surface area contributed by atoms with Crippen LogP contribution in [-0.2, 0) is 15.3 Å². The molecule has 0 spiro atoms. The third-order valence-corrected chi connectivity index (χ3v) is 6.95. The van der Waals surface area contributed by atoms with Gasteiger partial charge in [0.05, 0.1) is 0 Å². The Morgan fingerprint density at radius 3 is 2.83 bits per heavy atom. The number of amides is 2. The van der Waals surface area contributed by atoms with Crippen molar-refractivity contribution in [3.63, 3.8) is 0 Å². The van der Waals surface area contributed by atoms with Crippen molar-refractivity contribution < 1.29 is 9.59 Å². The molecule has 3 heterocycles. The van der Waals surface area contributed by atoms with Crippen LogP contribution in [0.25, 0.3) is 0 Å². The van der Waals surface area contributed by atoms with Gasteiger partial charge in [-0.3, -0.25) is 9.59 Å². The van der Waals surface area contributed by atoms with Gasteiger partial charge in [-0.2, -0.15) is 0 Å². The van der Waals surface area contributed by atoms with Crippen molar-refractivity contribution in [2.75, 3.05) is 18.4 Å². The van der Waals surface area contributed by atoms with Gasteiger partial charge in [0.15, 0.2) is 4.34 Å². The summed E-state index contributed by atoms with van der Waals surface area (Å²) >= 11 is 4.74. The number of likely N-dealkylation sites (tertiary alicyclic amines) is 1. The molecule has 128 valence electrons. The van der Waals surface area contributed by atoms with Crippen molar-refractivity contribution in [3.05, 3.63) is 22.4 Å². The number of aromatic nitrogens is 2. The van der Waals surface area contributed by atoms with E-state index in [0.29, 0.717) is 31.1 Å². The van der Waals surface area contributed by atoms with E-state index in [1.165, 1.54) is 16.2 Å². The third kappa shape index (κ3) is 4.55. The van der Waals surface area contributed by atoms with Crippen molar-refractivity contribution >= 4 is 51.4 Å². The Hall–Kier alpha value is -1.45. The minimum Gasteiger partial charge on any atom is -0.343 e. The molecule has 0 bridgehead atoms. The van der Waals surface area contributed by atoms with Crippen molar-refractivity contribution in [3.8, 4) is 0 Å². The monoisotopic (exact) mass is 382 g/mol. The van der Waals surface area contributed by atoms with Gasteiger partial charge in [-0.1, -0.05) is 29.2 Å². The van der Waals surface area contributed by atoms with Crippen LogP contribution in [0.2, 0.25) is 0 Å². The summed E-state index contributed by atoms with van der Waals surface area (Å²) < 4.78 is 0.852. The fourth-order valence-electron chi connectivity index (χ4n) is 2.51. The van der Waals surface area contributed by atoms with Gasteiger partial charge >= 0.3 is 0 Å². The highest BCUT2D eigenvalue weighted by Gasteiger charge is 2.26. The minimum atomic E-state index is -0.0632. The molecule has 9 heteroatoms. The smallest absolute Gasteiger partial charge is 0.229 e. The lowest BCUT2D eigenvalue weighted by Gasteiger charge is -2.30. The van der Waals surface area contributed by atoms with E-state index in [4.69, 9.17) is 0 Å². The van der Waals surface area contributed by atoms with Crippen LogP contribution >= 0.6 is 34.4 Å². The van der Waals surface area contributed by atoms with E-state index in [1.54, 1.807) is 34.9 Å². The molecule has 1 N–H and O–H groups in total. The molecule has 2 aromatic heterocycles. The molecule has 2 aromatic rings. The first-order valence-corrected chi connectivity index (χ1v) is 10.3. The Morgan fingerprint density at radius 2 is 2.17 bits per heavy atom. The first-order chi connectivity index (χ1) is 11.6. The van der Waals surface area contributed by atoms with Gasteiger partial charge < -0.3 is 10.2 Å². The van der Waals surface area contributed by atoms with E-state index >= 15 is 0 Å². The molecule has 24 heavy (non-hydrogen) atoms. The van der Waals surface area contributed by atoms with E-state index < -0.39 is 0 Å². The molecule has 0 atom stereocenters. The zero-order valence-electron chi connectivity index (χ0n) is 13.2. The van der Waals surface area contributed by atoms with Gasteiger partial charge in [0.2, 0.25) is 16.9 Å². The van der Waals surface area contributed by atoms with E-state index in [1.807, 2.05) is 6.07 Å². The molecule has 1 saturated heterocycles. The highest BCUT2D eigenvalue weighted by atomic mass is 32.2. The number of carbonyl (C=O) groups is 2. The molecule has 1 fully saturated rings. The van der Waals surface area contributed by atoms with Crippen molar-refractivity contribution in [1.82, 2.24) is 15.1 Å². The standard InChI is InChI=1S/C15H18N4O2S3/c1-10(20)19-6-4-11(5-7-19)13(21)16-14-17-18-15(24-14)23-9-12-3-2-8-22-12/h2-3,8,11H,4-7,9H2,1H3,(H,16,17,21). The predicted molar refractivity (Wildman–Crippen MR) is 97.4 cm³/mol. The quantitative estimate of drug-likeness (QED) is 0.635. The number of hydrogen-bond acceptors (Lipinski definition) is 7. The molecular weight excluding hydrogens is 364 g/mol. The normalized spacial score (nSPS) is 15.5. The molecule has 0 aromatic carbocycles. The van der Waals surface area contributed by atoms with Gasteiger partial charge in [0, 0.05) is 36.6 Å². The summed E-state index contributed by atoms with van der Waals surface area (Å²) in [5.41, 5.74) is 0. The second-order valence-corrected chi connectivity index (χ2v) is 8.74. The zero-order valence-corrected chi connectivity index (χ0v) is 15.7. The van der Waals surface area contributed by atoms with Crippen molar-refractivity contribution in [2.45, 2.75) is 29.9 Å². The van der Waals surface area contributed by atoms with Crippen LogP contribution < -0.4 is 5.32 Å². The van der Waals surface area contributed by atoms with E-state index in [0.717, 1.165) is 10.1 Å². The topological polar surface area (TPSA) is 75.2 Å². The molecular formula is C15H18N4O2S3. The Kier molecular flexibility index (Phi) is 5.85. The number of piperidine rings is 1. The average Bonchev–Trinajstić information content (AvgIpc) is 3.24. The lowest BCUT2D eigenvalue weighted by atomic mass is 9.96. The SMILES string of the molecule is CC(=O)N1CCC(C(=O)Nc2nnc(SCc3cccs3)s2)CC1. The lowest BCUT2D eigenvalue weighted by molar-refractivity contribution is -0.132. The van der Waals surface area contributed by atoms with Gasteiger partial charge in [-0.25, -0.2) is 0 Å². The molecule has 0 unspecified atom stereocenters. The molecule has 1 aliphatic rings. The molecule has 0 aliphatic carbocycles. The number of thiophene rings is 1. The maximum Gasteiger partial charge on any atom is 0.229 e. The first kappa shape index (κ1) is 17.4. The van der Waals surface area contributed by atoms with Crippen LogP contribution in [0.5, 0.6) is 0 Å². The summed E-state index contributed by atoms with van der Waals surface area (Å²) in [4.78, 5) is 26.7. The number of hydrogen-bond donors (Lipinski definition) is 1. The largest absolute Gasteiger partial charge is 0.343 e. The number of thioether (sulfide) groups is 1. The van der Waals surface area contributed by atoms with Gasteiger partial charge in [-0.15, -0.1) is 21.5 Å². The Balaban J connectivity index is 1.47. The second kappa shape index (κ2) is 8.09. The van der Waals surface area contributed by atoms with E-state index in [2.05, 4.69) is 27.0 Å². The molecule has 0 radical (unpaired) electrons. The fourth-order valence-corrected chi connectivity index (χ4v) is 5.04. The average molecular weight is 383 g/mol. The van der Waals surface area contributed by atoms with Crippen LogP contribution in [-0.4, -0.2) is 40.0 Å². The highest BCUT2D eigenvalue weighted by Crippen LogP contribution is 2.30. The number of nitrogens with one attached hydrogen (secondary N) is 1. The predicted octanol–water partition coefficient (Wildman–Crippen LogP) is 3.09. The summed E-state index contributed by atoms with van der Waals surface area (Å²) in [6.07, 6.45) is 1.40. The molecule has 3 rings (SSSR count). The summed E-state index contributed by atoms with van der Waals surface area (Å²) in [6.45, 7) is 2.86. The number of carbonyl (C=O) groups excluding carboxylic acids is 2. The Labute approximate surface area is 152 Å². The maximum absolute atomic E-state index is 12.3. The summed E-state index contributed by atoms with van der Waals surface area (Å²) in [6, 6.07) is 4.12. The minimum absolute atomic E-state index is 0.0239. The first-order valence-electron chi connectivity index (χ1n) is 7.67. The second-order valence-electron chi connectivity index (χ2n) is 5.51. The highest BCUT2D eigenvalue weighted by molar-refractivity contribution is 8.00. The fraction of sp³-hybridized carbons (Fsp3) is 0.467. The third-order valence-electron chi connectivity index (χ3n) is 3.87. The van der Waals surface area contributed by atoms with Crippen LogP contribution in [0, 0.1) is 5.92 Å². The Morgan fingerprint density at radius 1 is 1.38 bits per heavy atom. The summed E-state index contributed by atoms with van der Waals surface area (Å²) in [5, 5.41) is 13.6. The van der Waals surface area contributed by atoms with E-state index in [9.17, 15) is 9.59 Å². The van der Waals surface area contributed by atoms with Gasteiger partial charge in [0.1, 0.15) is 0 Å². The lowest BCUT2D eigenvalue weighted by Crippen LogP contribution is -2.40. The van der Waals surface area contributed by atoms with Crippen molar-refractivity contribution in [2.24, 2.45) is 5.92 Å². The molecule has 0 saturated carbocycles. The van der Waals surface area contributed by atoms with Gasteiger partial charge in [0.25, 0.3) is 0 Å². The van der Waals surface area contributed by atoms with Crippen LogP contribution in [0.15, 0.2) is 21.9 Å². The Bertz CT molecular complexity index is 693. The molecule has 2 amide bonds. The molecule has 6 nitrogen and oxygen atoms in total. The zero-order chi connectivity index (χ0) is 16.9. The van der Waals surface area contributed by atoms with Crippen LogP contribution in [0.1, 0.15) is 24.6 Å².